The van der Waals surface area contributed by atoms with Gasteiger partial charge in [0.1, 0.15) is 5.69 Å². The monoisotopic (exact) mass is 244 g/mol. The Balaban J connectivity index is 2.26. The quantitative estimate of drug-likeness (QED) is 0.810. The van der Waals surface area contributed by atoms with Gasteiger partial charge in [-0.1, -0.05) is 30.3 Å². The summed E-state index contributed by atoms with van der Waals surface area (Å²) in [5.74, 6) is -0.0294. The maximum atomic E-state index is 12.1. The number of aromatic nitrogens is 3. The third-order valence-electron chi connectivity index (χ3n) is 2.81. The van der Waals surface area contributed by atoms with E-state index in [-0.39, 0.29) is 11.8 Å². The Hall–Kier alpha value is -2.01. The molecule has 2 aromatic rings. The van der Waals surface area contributed by atoms with Crippen LogP contribution in [0.25, 0.3) is 5.69 Å². The van der Waals surface area contributed by atoms with Crippen molar-refractivity contribution in [2.45, 2.75) is 25.8 Å². The average molecular weight is 244 g/mol. The van der Waals surface area contributed by atoms with Gasteiger partial charge in [0.25, 0.3) is 0 Å². The maximum absolute atomic E-state index is 12.1. The van der Waals surface area contributed by atoms with Gasteiger partial charge < -0.3 is 5.73 Å². The van der Waals surface area contributed by atoms with E-state index in [0.717, 1.165) is 12.1 Å². The molecule has 0 aliphatic heterocycles. The number of nitrogens with zero attached hydrogens (tertiary/aromatic N) is 3. The van der Waals surface area contributed by atoms with Gasteiger partial charge in [-0.05, 0) is 18.6 Å². The largest absolute Gasteiger partial charge is 0.327 e. The first kappa shape index (κ1) is 12.4. The third kappa shape index (κ3) is 2.62. The number of nitrogens with two attached hydrogens (primary N) is 1. The predicted octanol–water partition coefficient (Wildman–Crippen LogP) is 1.58. The fourth-order valence-electron chi connectivity index (χ4n) is 1.67. The SMILES string of the molecule is CCC(N)CC(=O)c1cnnn1-c1ccccc1. The number of hydrogen-bond acceptors (Lipinski definition) is 4. The van der Waals surface area contributed by atoms with Crippen LogP contribution in [0.4, 0.5) is 0 Å². The van der Waals surface area contributed by atoms with E-state index in [1.165, 1.54) is 6.20 Å². The van der Waals surface area contributed by atoms with Gasteiger partial charge in [0.2, 0.25) is 0 Å². The van der Waals surface area contributed by atoms with E-state index in [9.17, 15) is 4.79 Å². The molecule has 0 aliphatic rings. The molecule has 0 amide bonds. The molecule has 0 aliphatic carbocycles. The molecule has 0 fully saturated rings. The number of benzene rings is 1. The Morgan fingerprint density at radius 2 is 2.11 bits per heavy atom. The summed E-state index contributed by atoms with van der Waals surface area (Å²) in [6, 6.07) is 9.34. The Morgan fingerprint density at radius 3 is 2.78 bits per heavy atom. The molecule has 0 spiro atoms. The van der Waals surface area contributed by atoms with E-state index in [1.54, 1.807) is 4.68 Å². The molecule has 0 bridgehead atoms. The number of rotatable bonds is 5. The fraction of sp³-hybridized carbons (Fsp3) is 0.308. The molecule has 0 radical (unpaired) electrons. The van der Waals surface area contributed by atoms with Crippen molar-refractivity contribution < 1.29 is 4.79 Å². The molecule has 1 aromatic heterocycles. The second kappa shape index (κ2) is 5.55. The minimum Gasteiger partial charge on any atom is -0.327 e. The average Bonchev–Trinajstić information content (AvgIpc) is 2.88. The zero-order chi connectivity index (χ0) is 13.0. The second-order valence-electron chi connectivity index (χ2n) is 4.16. The van der Waals surface area contributed by atoms with Gasteiger partial charge in [-0.15, -0.1) is 5.10 Å². The van der Waals surface area contributed by atoms with Gasteiger partial charge in [-0.2, -0.15) is 0 Å². The summed E-state index contributed by atoms with van der Waals surface area (Å²) in [4.78, 5) is 12.1. The van der Waals surface area contributed by atoms with Gasteiger partial charge in [0, 0.05) is 12.5 Å². The molecule has 1 unspecified atom stereocenters. The minimum absolute atomic E-state index is 0.0294. The van der Waals surface area contributed by atoms with Crippen molar-refractivity contribution in [3.63, 3.8) is 0 Å². The first-order valence-corrected chi connectivity index (χ1v) is 5.97. The van der Waals surface area contributed by atoms with Crippen LogP contribution in [-0.2, 0) is 0 Å². The predicted molar refractivity (Wildman–Crippen MR) is 68.6 cm³/mol. The summed E-state index contributed by atoms with van der Waals surface area (Å²) < 4.78 is 1.55. The molecule has 94 valence electrons. The van der Waals surface area contributed by atoms with Crippen molar-refractivity contribution in [1.29, 1.82) is 0 Å². The summed E-state index contributed by atoms with van der Waals surface area (Å²) in [5.41, 5.74) is 7.10. The van der Waals surface area contributed by atoms with Crippen LogP contribution in [-0.4, -0.2) is 26.8 Å². The van der Waals surface area contributed by atoms with Gasteiger partial charge in [0.15, 0.2) is 5.78 Å². The van der Waals surface area contributed by atoms with Crippen molar-refractivity contribution in [1.82, 2.24) is 15.0 Å². The first-order chi connectivity index (χ1) is 8.72. The Kier molecular flexibility index (Phi) is 3.84. The zero-order valence-corrected chi connectivity index (χ0v) is 10.3. The van der Waals surface area contributed by atoms with E-state index in [2.05, 4.69) is 10.3 Å². The lowest BCUT2D eigenvalue weighted by Gasteiger charge is -2.08. The van der Waals surface area contributed by atoms with Crippen molar-refractivity contribution in [3.8, 4) is 5.69 Å². The molecule has 18 heavy (non-hydrogen) atoms. The molecule has 1 heterocycles. The summed E-state index contributed by atoms with van der Waals surface area (Å²) >= 11 is 0. The van der Waals surface area contributed by atoms with E-state index in [4.69, 9.17) is 5.73 Å². The van der Waals surface area contributed by atoms with E-state index < -0.39 is 0 Å². The number of Topliss-reactive ketones (excluding diaryl/α,β-unsaturated/α-hetero) is 1. The van der Waals surface area contributed by atoms with E-state index >= 15 is 0 Å². The van der Waals surface area contributed by atoms with Gasteiger partial charge in [-0.25, -0.2) is 4.68 Å². The van der Waals surface area contributed by atoms with Gasteiger partial charge in [-0.3, -0.25) is 4.79 Å². The highest BCUT2D eigenvalue weighted by Gasteiger charge is 2.16. The summed E-state index contributed by atoms with van der Waals surface area (Å²) in [5, 5.41) is 7.75. The third-order valence-corrected chi connectivity index (χ3v) is 2.81. The van der Waals surface area contributed by atoms with Crippen LogP contribution in [0.5, 0.6) is 0 Å². The highest BCUT2D eigenvalue weighted by molar-refractivity contribution is 5.95. The lowest BCUT2D eigenvalue weighted by atomic mass is 10.1. The molecule has 5 heteroatoms. The number of ketones is 1. The van der Waals surface area contributed by atoms with Crippen LogP contribution in [0.2, 0.25) is 0 Å². The van der Waals surface area contributed by atoms with Crippen LogP contribution in [0.15, 0.2) is 36.5 Å². The Labute approximate surface area is 106 Å². The standard InChI is InChI=1S/C13H16N4O/c1-2-10(14)8-13(18)12-9-15-16-17(12)11-6-4-3-5-7-11/h3-7,9-10H,2,8,14H2,1H3. The Bertz CT molecular complexity index is 521. The van der Waals surface area contributed by atoms with Crippen molar-refractivity contribution in [3.05, 3.63) is 42.2 Å². The second-order valence-corrected chi connectivity index (χ2v) is 4.16. The fourth-order valence-corrected chi connectivity index (χ4v) is 1.67. The topological polar surface area (TPSA) is 73.8 Å². The number of hydrogen-bond donors (Lipinski definition) is 1. The van der Waals surface area contributed by atoms with Crippen LogP contribution >= 0.6 is 0 Å². The molecule has 1 aromatic carbocycles. The molecule has 5 nitrogen and oxygen atoms in total. The van der Waals surface area contributed by atoms with Crippen molar-refractivity contribution >= 4 is 5.78 Å². The maximum Gasteiger partial charge on any atom is 0.184 e. The molecular formula is C13H16N4O. The highest BCUT2D eigenvalue weighted by atomic mass is 16.1. The highest BCUT2D eigenvalue weighted by Crippen LogP contribution is 2.11. The van der Waals surface area contributed by atoms with E-state index in [0.29, 0.717) is 12.1 Å². The summed E-state index contributed by atoms with van der Waals surface area (Å²) in [6.07, 6.45) is 2.58. The molecule has 0 saturated heterocycles. The zero-order valence-electron chi connectivity index (χ0n) is 10.3. The summed E-state index contributed by atoms with van der Waals surface area (Å²) in [6.45, 7) is 1.96. The van der Waals surface area contributed by atoms with Crippen LogP contribution in [0.3, 0.4) is 0 Å². The molecule has 0 saturated carbocycles. The molecule has 2 rings (SSSR count). The van der Waals surface area contributed by atoms with Crippen molar-refractivity contribution in [2.24, 2.45) is 5.73 Å². The van der Waals surface area contributed by atoms with Gasteiger partial charge >= 0.3 is 0 Å². The molecule has 2 N–H and O–H groups in total. The lowest BCUT2D eigenvalue weighted by Crippen LogP contribution is -2.24. The molecule has 1 atom stereocenters. The minimum atomic E-state index is -0.114. The molecular weight excluding hydrogens is 228 g/mol. The van der Waals surface area contributed by atoms with Gasteiger partial charge in [0.05, 0.1) is 11.9 Å². The van der Waals surface area contributed by atoms with E-state index in [1.807, 2.05) is 37.3 Å². The Morgan fingerprint density at radius 1 is 1.39 bits per heavy atom. The number of para-hydroxylation sites is 1. The first-order valence-electron chi connectivity index (χ1n) is 5.97. The number of carbonyl (C=O) groups is 1. The van der Waals surface area contributed by atoms with Crippen LogP contribution in [0, 0.1) is 0 Å². The number of carbonyl (C=O) groups excluding carboxylic acids is 1. The lowest BCUT2D eigenvalue weighted by molar-refractivity contribution is 0.0966. The van der Waals surface area contributed by atoms with Crippen LogP contribution in [0.1, 0.15) is 30.3 Å². The smallest absolute Gasteiger partial charge is 0.184 e. The van der Waals surface area contributed by atoms with Crippen molar-refractivity contribution in [2.75, 3.05) is 0 Å². The summed E-state index contributed by atoms with van der Waals surface area (Å²) in [7, 11) is 0. The van der Waals surface area contributed by atoms with Crippen LogP contribution < -0.4 is 5.73 Å². The normalized spacial score (nSPS) is 12.3.